The molecule has 1 aliphatic rings. The molecule has 1 N–H and O–H groups in total. The van der Waals surface area contributed by atoms with Gasteiger partial charge in [-0.05, 0) is 24.3 Å². The minimum absolute atomic E-state index is 0.0615. The van der Waals surface area contributed by atoms with Crippen molar-refractivity contribution in [3.05, 3.63) is 35.9 Å². The Balaban J connectivity index is 2.20. The molecule has 122 valence electrons. The van der Waals surface area contributed by atoms with Gasteiger partial charge in [0.2, 0.25) is 5.91 Å². The molecule has 1 aliphatic heterocycles. The summed E-state index contributed by atoms with van der Waals surface area (Å²) in [5, 5.41) is 23.9. The van der Waals surface area contributed by atoms with Crippen molar-refractivity contribution in [1.82, 2.24) is 0 Å². The van der Waals surface area contributed by atoms with Crippen molar-refractivity contribution in [2.75, 3.05) is 36.5 Å². The van der Waals surface area contributed by atoms with Gasteiger partial charge in [-0.25, -0.2) is 0 Å². The number of carbonyl (C=O) groups excluding carboxylic acids is 3. The van der Waals surface area contributed by atoms with E-state index in [4.69, 9.17) is 4.74 Å². The fraction of sp³-hybridized carbons (Fsp3) is 0.267. The number of ether oxygens (including phenoxy) is 1. The van der Waals surface area contributed by atoms with Gasteiger partial charge in [-0.1, -0.05) is 0 Å². The van der Waals surface area contributed by atoms with Crippen LogP contribution in [0.5, 0.6) is 0 Å². The summed E-state index contributed by atoms with van der Waals surface area (Å²) < 4.78 is 5.22. The molecule has 8 heteroatoms. The third-order valence-electron chi connectivity index (χ3n) is 3.21. The largest absolute Gasteiger partial charge is 0.545 e. The highest BCUT2D eigenvalue weighted by molar-refractivity contribution is 6.03. The molecule has 0 bridgehead atoms. The lowest BCUT2D eigenvalue weighted by atomic mass is 10.1. The van der Waals surface area contributed by atoms with Crippen LogP contribution in [0.15, 0.2) is 30.4 Å². The van der Waals surface area contributed by atoms with Crippen LogP contribution in [0.25, 0.3) is 0 Å². The van der Waals surface area contributed by atoms with E-state index in [9.17, 15) is 24.6 Å². The predicted octanol–water partition coefficient (Wildman–Crippen LogP) is -1.87. The third kappa shape index (κ3) is 4.55. The van der Waals surface area contributed by atoms with Crippen LogP contribution in [-0.2, 0) is 14.3 Å². The van der Waals surface area contributed by atoms with Crippen LogP contribution in [0.3, 0.4) is 0 Å². The number of benzene rings is 1. The summed E-state index contributed by atoms with van der Waals surface area (Å²) in [6, 6.07) is 4.36. The summed E-state index contributed by atoms with van der Waals surface area (Å²) in [7, 11) is 0. The first-order chi connectivity index (χ1) is 11.0. The first-order valence-electron chi connectivity index (χ1n) is 6.85. The summed E-state index contributed by atoms with van der Waals surface area (Å²) in [6.45, 7) is 2.11. The molecular formula is C15H14N2O6-2. The van der Waals surface area contributed by atoms with Gasteiger partial charge in [-0.2, -0.15) is 0 Å². The van der Waals surface area contributed by atoms with Gasteiger partial charge >= 0.3 is 0 Å². The summed E-state index contributed by atoms with van der Waals surface area (Å²) in [4.78, 5) is 34.9. The molecule has 0 atom stereocenters. The normalized spacial score (nSPS) is 14.7. The van der Waals surface area contributed by atoms with Crippen molar-refractivity contribution in [1.29, 1.82) is 0 Å². The number of aliphatic carboxylic acids is 1. The van der Waals surface area contributed by atoms with E-state index in [1.54, 1.807) is 6.07 Å². The molecule has 1 fully saturated rings. The number of morpholine rings is 1. The van der Waals surface area contributed by atoms with Crippen LogP contribution < -0.4 is 20.4 Å². The minimum Gasteiger partial charge on any atom is -0.545 e. The Morgan fingerprint density at radius 2 is 1.83 bits per heavy atom. The molecule has 0 radical (unpaired) electrons. The summed E-state index contributed by atoms with van der Waals surface area (Å²) in [6.07, 6.45) is 1.36. The minimum atomic E-state index is -1.50. The predicted molar refractivity (Wildman–Crippen MR) is 76.6 cm³/mol. The number of nitrogens with zero attached hydrogens (tertiary/aromatic N) is 1. The fourth-order valence-corrected chi connectivity index (χ4v) is 2.18. The van der Waals surface area contributed by atoms with E-state index in [0.717, 1.165) is 6.08 Å². The number of carbonyl (C=O) groups is 3. The zero-order valence-corrected chi connectivity index (χ0v) is 12.1. The lowest BCUT2D eigenvalue weighted by Crippen LogP contribution is -2.38. The van der Waals surface area contributed by atoms with Crippen molar-refractivity contribution in [2.24, 2.45) is 0 Å². The number of carboxylic acids is 2. The second-order valence-electron chi connectivity index (χ2n) is 4.76. The van der Waals surface area contributed by atoms with E-state index >= 15 is 0 Å². The molecule has 1 aromatic carbocycles. The van der Waals surface area contributed by atoms with E-state index in [-0.39, 0.29) is 11.3 Å². The van der Waals surface area contributed by atoms with E-state index in [1.165, 1.54) is 12.1 Å². The lowest BCUT2D eigenvalue weighted by molar-refractivity contribution is -0.297. The summed E-state index contributed by atoms with van der Waals surface area (Å²) in [5.41, 5.74) is 0.638. The van der Waals surface area contributed by atoms with Gasteiger partial charge in [0.25, 0.3) is 0 Å². The smallest absolute Gasteiger partial charge is 0.248 e. The fourth-order valence-electron chi connectivity index (χ4n) is 2.18. The van der Waals surface area contributed by atoms with Crippen molar-refractivity contribution >= 4 is 29.2 Å². The van der Waals surface area contributed by atoms with Crippen LogP contribution >= 0.6 is 0 Å². The number of nitrogens with one attached hydrogen (secondary N) is 1. The van der Waals surface area contributed by atoms with E-state index in [2.05, 4.69) is 5.32 Å². The Bertz CT molecular complexity index is 649. The average molecular weight is 318 g/mol. The Morgan fingerprint density at radius 3 is 2.43 bits per heavy atom. The summed E-state index contributed by atoms with van der Waals surface area (Å²) >= 11 is 0. The molecule has 1 amide bonds. The zero-order chi connectivity index (χ0) is 16.8. The van der Waals surface area contributed by atoms with Gasteiger partial charge in [0, 0.05) is 36.1 Å². The van der Waals surface area contributed by atoms with Crippen molar-refractivity contribution in [3.8, 4) is 0 Å². The second kappa shape index (κ2) is 7.41. The van der Waals surface area contributed by atoms with Crippen LogP contribution in [0.4, 0.5) is 11.4 Å². The number of hydrogen-bond acceptors (Lipinski definition) is 7. The van der Waals surface area contributed by atoms with Crippen LogP contribution in [0, 0.1) is 0 Å². The Labute approximate surface area is 132 Å². The Hall–Kier alpha value is -2.87. The van der Waals surface area contributed by atoms with Gasteiger partial charge in [0.15, 0.2) is 0 Å². The van der Waals surface area contributed by atoms with Crippen molar-refractivity contribution in [3.63, 3.8) is 0 Å². The molecule has 0 aliphatic carbocycles. The zero-order valence-electron chi connectivity index (χ0n) is 12.1. The number of anilines is 2. The molecule has 1 saturated heterocycles. The maximum atomic E-state index is 11.5. The summed E-state index contributed by atoms with van der Waals surface area (Å²) in [5.74, 6) is -3.58. The van der Waals surface area contributed by atoms with Crippen molar-refractivity contribution < 1.29 is 29.3 Å². The Kier molecular flexibility index (Phi) is 5.32. The third-order valence-corrected chi connectivity index (χ3v) is 3.21. The molecule has 23 heavy (non-hydrogen) atoms. The molecule has 0 spiro atoms. The van der Waals surface area contributed by atoms with Crippen LogP contribution in [0.2, 0.25) is 0 Å². The standard InChI is InChI=1S/C15H16N2O6/c18-13(3-4-14(19)20)16-10-1-2-12(11(9-10)15(21)22)17-5-7-23-8-6-17/h1-4,9H,5-8H2,(H,16,18)(H,19,20)(H,21,22)/p-2/b4-3-. The lowest BCUT2D eigenvalue weighted by Gasteiger charge is -2.31. The molecule has 0 unspecified atom stereocenters. The number of amides is 1. The number of hydrogen-bond donors (Lipinski definition) is 1. The average Bonchev–Trinajstić information content (AvgIpc) is 2.53. The maximum Gasteiger partial charge on any atom is 0.248 e. The maximum absolute atomic E-state index is 11.5. The molecule has 1 aromatic rings. The first-order valence-corrected chi connectivity index (χ1v) is 6.85. The molecular weight excluding hydrogens is 304 g/mol. The highest BCUT2D eigenvalue weighted by Gasteiger charge is 2.16. The van der Waals surface area contributed by atoms with Gasteiger partial charge in [-0.3, -0.25) is 4.79 Å². The number of aromatic carboxylic acids is 1. The molecule has 0 aromatic heterocycles. The first kappa shape index (κ1) is 16.5. The molecule has 0 saturated carbocycles. The molecule has 8 nitrogen and oxygen atoms in total. The quantitative estimate of drug-likeness (QED) is 0.631. The topological polar surface area (TPSA) is 122 Å². The van der Waals surface area contributed by atoms with E-state index in [1.807, 2.05) is 4.90 Å². The highest BCUT2D eigenvalue weighted by Crippen LogP contribution is 2.25. The highest BCUT2D eigenvalue weighted by atomic mass is 16.5. The monoisotopic (exact) mass is 318 g/mol. The number of rotatable bonds is 5. The van der Waals surface area contributed by atoms with E-state index in [0.29, 0.717) is 38.1 Å². The van der Waals surface area contributed by atoms with E-state index < -0.39 is 17.8 Å². The van der Waals surface area contributed by atoms with Gasteiger partial charge in [-0.15, -0.1) is 0 Å². The second-order valence-corrected chi connectivity index (χ2v) is 4.76. The SMILES string of the molecule is O=C([O-])/C=C\C(=O)Nc1ccc(N2CCOCC2)c(C(=O)[O-])c1. The van der Waals surface area contributed by atoms with Crippen LogP contribution in [-0.4, -0.2) is 44.1 Å². The molecule has 2 rings (SSSR count). The van der Waals surface area contributed by atoms with Gasteiger partial charge in [0.05, 0.1) is 25.2 Å². The number of carboxylic acid groups (broad SMARTS) is 2. The van der Waals surface area contributed by atoms with Gasteiger partial charge in [0.1, 0.15) is 0 Å². The van der Waals surface area contributed by atoms with Crippen LogP contribution in [0.1, 0.15) is 10.4 Å². The van der Waals surface area contributed by atoms with Gasteiger partial charge < -0.3 is 34.8 Å². The van der Waals surface area contributed by atoms with Crippen molar-refractivity contribution in [2.45, 2.75) is 0 Å². The molecule has 1 heterocycles. The Morgan fingerprint density at radius 1 is 1.13 bits per heavy atom.